The zero-order chi connectivity index (χ0) is 35.9. The molecule has 1 aliphatic rings. The number of fused-ring (bicyclic) bond motifs is 1. The van der Waals surface area contributed by atoms with Crippen LogP contribution in [0.4, 0.5) is 26.3 Å². The second-order valence-corrected chi connectivity index (χ2v) is 10.5. The number of rotatable bonds is 11. The minimum absolute atomic E-state index is 0.00877. The van der Waals surface area contributed by atoms with Crippen LogP contribution in [0, 0.1) is 17.5 Å². The Bertz CT molecular complexity index is 1590. The predicted molar refractivity (Wildman–Crippen MR) is 151 cm³/mol. The molecule has 2 heterocycles. The molecule has 2 aromatic carbocycles. The number of ether oxygens (including phenoxy) is 1. The molecule has 0 spiro atoms. The number of aromatic nitrogens is 3. The quantitative estimate of drug-likeness (QED) is 0.147. The molecule has 48 heavy (non-hydrogen) atoms. The zero-order valence-electron chi connectivity index (χ0n) is 25.3. The number of hydrogen-bond donors (Lipinski definition) is 5. The van der Waals surface area contributed by atoms with Gasteiger partial charge in [-0.3, -0.25) is 10.1 Å². The van der Waals surface area contributed by atoms with Crippen molar-refractivity contribution in [1.29, 1.82) is 0 Å². The maximum absolute atomic E-state index is 14.3. The molecule has 0 saturated carbocycles. The van der Waals surface area contributed by atoms with Crippen molar-refractivity contribution in [2.45, 2.75) is 63.3 Å². The Hall–Kier alpha value is -4.75. The lowest BCUT2D eigenvalue weighted by Gasteiger charge is -2.32. The highest BCUT2D eigenvalue weighted by Crippen LogP contribution is 2.30. The number of carbonyl (C=O) groups excluding carboxylic acids is 1. The van der Waals surface area contributed by atoms with E-state index >= 15 is 0 Å². The number of benzene rings is 2. The molecule has 1 amide bonds. The lowest BCUT2D eigenvalue weighted by atomic mass is 10.0. The molecule has 4 rings (SSSR count). The van der Waals surface area contributed by atoms with Crippen molar-refractivity contribution in [1.82, 2.24) is 25.0 Å². The number of aliphatic hydroxyl groups is 2. The van der Waals surface area contributed by atoms with E-state index in [4.69, 9.17) is 25.2 Å². The molecule has 4 atom stereocenters. The fraction of sp³-hybridized carbons (Fsp3) is 0.414. The SMILES string of the molecule is COc1ccc(C(C)NC(CCc2cc(F)c(F)cc2F)C(=O)N2CCn3c(nnc3C(F)(F)F)C2)cc1.O=C(O)C(O)C(O)C(=O)O. The fourth-order valence-corrected chi connectivity index (χ4v) is 4.67. The van der Waals surface area contributed by atoms with Gasteiger partial charge < -0.3 is 34.6 Å². The summed E-state index contributed by atoms with van der Waals surface area (Å²) in [6.07, 6.45) is -9.29. The normalized spacial score (nSPS) is 15.3. The summed E-state index contributed by atoms with van der Waals surface area (Å²) in [5.41, 5.74) is 0.713. The summed E-state index contributed by atoms with van der Waals surface area (Å²) < 4.78 is 87.0. The van der Waals surface area contributed by atoms with E-state index in [1.807, 2.05) is 6.92 Å². The Morgan fingerprint density at radius 1 is 0.938 bits per heavy atom. The third-order valence-electron chi connectivity index (χ3n) is 7.28. The van der Waals surface area contributed by atoms with Crippen molar-refractivity contribution in [3.8, 4) is 5.75 Å². The highest BCUT2D eigenvalue weighted by atomic mass is 19.4. The smallest absolute Gasteiger partial charge is 0.451 e. The number of nitrogens with zero attached hydrogens (tertiary/aromatic N) is 4. The van der Waals surface area contributed by atoms with Gasteiger partial charge in [-0.05, 0) is 49.1 Å². The van der Waals surface area contributed by atoms with Gasteiger partial charge in [0.2, 0.25) is 11.7 Å². The molecule has 0 aliphatic carbocycles. The molecule has 0 radical (unpaired) electrons. The van der Waals surface area contributed by atoms with Crippen LogP contribution in [0.1, 0.15) is 42.2 Å². The second kappa shape index (κ2) is 15.9. The number of methoxy groups -OCH3 is 1. The number of nitrogens with one attached hydrogen (secondary N) is 1. The molecule has 1 aliphatic heterocycles. The van der Waals surface area contributed by atoms with E-state index in [-0.39, 0.29) is 49.9 Å². The molecular formula is C29H31F6N5O8. The third kappa shape index (κ3) is 9.41. The highest BCUT2D eigenvalue weighted by molar-refractivity contribution is 5.83. The Labute approximate surface area is 268 Å². The summed E-state index contributed by atoms with van der Waals surface area (Å²) in [5, 5.41) is 42.5. The molecule has 3 aromatic rings. The number of alkyl halides is 3. The summed E-state index contributed by atoms with van der Waals surface area (Å²) >= 11 is 0. The van der Waals surface area contributed by atoms with E-state index < -0.39 is 65.5 Å². The van der Waals surface area contributed by atoms with E-state index in [9.17, 15) is 40.7 Å². The van der Waals surface area contributed by atoms with E-state index in [0.717, 1.165) is 16.2 Å². The maximum Gasteiger partial charge on any atom is 0.451 e. The van der Waals surface area contributed by atoms with Gasteiger partial charge in [0.25, 0.3) is 0 Å². The van der Waals surface area contributed by atoms with Crippen LogP contribution in [0.25, 0.3) is 0 Å². The number of hydrogen-bond acceptors (Lipinski definition) is 9. The third-order valence-corrected chi connectivity index (χ3v) is 7.28. The first-order chi connectivity index (χ1) is 22.4. The van der Waals surface area contributed by atoms with Crippen molar-refractivity contribution >= 4 is 17.8 Å². The first-order valence-electron chi connectivity index (χ1n) is 14.1. The zero-order valence-corrected chi connectivity index (χ0v) is 25.3. The van der Waals surface area contributed by atoms with Gasteiger partial charge in [-0.25, -0.2) is 22.8 Å². The molecule has 13 nitrogen and oxygen atoms in total. The number of carbonyl (C=O) groups is 3. The van der Waals surface area contributed by atoms with Gasteiger partial charge in [0, 0.05) is 25.2 Å². The summed E-state index contributed by atoms with van der Waals surface area (Å²) in [4.78, 5) is 34.4. The number of carboxylic acids is 2. The molecule has 4 unspecified atom stereocenters. The van der Waals surface area contributed by atoms with Crippen molar-refractivity contribution in [2.24, 2.45) is 0 Å². The van der Waals surface area contributed by atoms with Crippen LogP contribution in [0.2, 0.25) is 0 Å². The van der Waals surface area contributed by atoms with Crippen LogP contribution in [-0.4, -0.2) is 89.8 Å². The fourth-order valence-electron chi connectivity index (χ4n) is 4.67. The number of amides is 1. The summed E-state index contributed by atoms with van der Waals surface area (Å²) in [6, 6.07) is 7.01. The molecule has 0 fully saturated rings. The van der Waals surface area contributed by atoms with Gasteiger partial charge >= 0.3 is 18.1 Å². The summed E-state index contributed by atoms with van der Waals surface area (Å²) in [6.45, 7) is 1.43. The Morgan fingerprint density at radius 2 is 1.52 bits per heavy atom. The minimum atomic E-state index is -4.68. The van der Waals surface area contributed by atoms with E-state index in [2.05, 4.69) is 15.5 Å². The van der Waals surface area contributed by atoms with Crippen LogP contribution in [-0.2, 0) is 40.1 Å². The number of aliphatic hydroxyl groups excluding tert-OH is 2. The van der Waals surface area contributed by atoms with Crippen LogP contribution in [0.3, 0.4) is 0 Å². The predicted octanol–water partition coefficient (Wildman–Crippen LogP) is 2.29. The summed E-state index contributed by atoms with van der Waals surface area (Å²) in [5.74, 6) is -7.95. The van der Waals surface area contributed by atoms with Crippen molar-refractivity contribution in [3.63, 3.8) is 0 Å². The van der Waals surface area contributed by atoms with Crippen LogP contribution < -0.4 is 10.1 Å². The average molecular weight is 692 g/mol. The average Bonchev–Trinajstić information content (AvgIpc) is 3.48. The van der Waals surface area contributed by atoms with E-state index in [0.29, 0.717) is 11.8 Å². The van der Waals surface area contributed by atoms with Gasteiger partial charge in [-0.15, -0.1) is 10.2 Å². The Kier molecular flexibility index (Phi) is 12.5. The second-order valence-electron chi connectivity index (χ2n) is 10.5. The maximum atomic E-state index is 14.3. The van der Waals surface area contributed by atoms with Gasteiger partial charge in [-0.1, -0.05) is 12.1 Å². The first-order valence-corrected chi connectivity index (χ1v) is 14.1. The molecule has 1 aromatic heterocycles. The number of aliphatic carboxylic acids is 2. The minimum Gasteiger partial charge on any atom is -0.497 e. The molecular weight excluding hydrogens is 660 g/mol. The van der Waals surface area contributed by atoms with Gasteiger partial charge in [0.15, 0.2) is 29.7 Å². The Morgan fingerprint density at radius 3 is 2.06 bits per heavy atom. The Balaban J connectivity index is 0.000000542. The number of carboxylic acid groups (broad SMARTS) is 2. The van der Waals surface area contributed by atoms with Gasteiger partial charge in [0.05, 0.1) is 19.7 Å². The lowest BCUT2D eigenvalue weighted by molar-refractivity contribution is -0.165. The first kappa shape index (κ1) is 37.7. The topological polar surface area (TPSA) is 187 Å². The molecule has 19 heteroatoms. The highest BCUT2D eigenvalue weighted by Gasteiger charge is 2.40. The monoisotopic (exact) mass is 691 g/mol. The van der Waals surface area contributed by atoms with E-state index in [1.54, 1.807) is 24.3 Å². The van der Waals surface area contributed by atoms with E-state index in [1.165, 1.54) is 12.0 Å². The number of aryl methyl sites for hydroxylation is 1. The van der Waals surface area contributed by atoms with Crippen LogP contribution in [0.5, 0.6) is 5.75 Å². The van der Waals surface area contributed by atoms with Crippen molar-refractivity contribution in [2.75, 3.05) is 13.7 Å². The molecule has 0 bridgehead atoms. The largest absolute Gasteiger partial charge is 0.497 e. The van der Waals surface area contributed by atoms with Crippen molar-refractivity contribution < 1.29 is 65.9 Å². The van der Waals surface area contributed by atoms with Crippen LogP contribution in [0.15, 0.2) is 36.4 Å². The van der Waals surface area contributed by atoms with Crippen LogP contribution >= 0.6 is 0 Å². The standard InChI is InChI=1S/C25H25F6N5O2.C4H6O6/c1-14(15-3-6-17(38-2)7-4-15)32-21(8-5-16-11-19(27)20(28)12-18(16)26)23(37)35-9-10-36-22(13-35)33-34-24(36)25(29,30)31;5-1(3(7)8)2(6)4(9)10/h3-4,6-7,11-12,14,21,32H,5,8-10,13H2,1-2H3;1-2,5-6H,(H,7,8)(H,9,10). The molecule has 0 saturated heterocycles. The lowest BCUT2D eigenvalue weighted by Crippen LogP contribution is -2.50. The molecule has 262 valence electrons. The number of halogens is 6. The van der Waals surface area contributed by atoms with Crippen molar-refractivity contribution in [3.05, 3.63) is 76.6 Å². The molecule has 5 N–H and O–H groups in total. The summed E-state index contributed by atoms with van der Waals surface area (Å²) in [7, 11) is 1.53. The van der Waals surface area contributed by atoms with Gasteiger partial charge in [0.1, 0.15) is 11.6 Å². The van der Waals surface area contributed by atoms with Gasteiger partial charge in [-0.2, -0.15) is 13.2 Å².